The molecule has 0 aromatic heterocycles. The first-order valence-electron chi connectivity index (χ1n) is 3.31. The van der Waals surface area contributed by atoms with Crippen LogP contribution >= 0.6 is 0 Å². The molecule has 0 saturated heterocycles. The smallest absolute Gasteiger partial charge is 0.839 e. The molecule has 0 heterocycles. The van der Waals surface area contributed by atoms with E-state index in [1.54, 1.807) is 18.8 Å². The maximum absolute atomic E-state index is 11.2. The molecule has 0 fully saturated rings. The van der Waals surface area contributed by atoms with E-state index in [1.165, 1.54) is 0 Å². The molecule has 0 N–H and O–H groups in total. The molecule has 60 valence electrons. The largest absolute Gasteiger partial charge is 1.00 e. The zero-order valence-corrected chi connectivity index (χ0v) is 10.1. The predicted octanol–water partition coefficient (Wildman–Crippen LogP) is -2.00. The van der Waals surface area contributed by atoms with Crippen LogP contribution in [0.3, 0.4) is 0 Å². The molecule has 0 atom stereocenters. The Balaban J connectivity index is 0. The summed E-state index contributed by atoms with van der Waals surface area (Å²) in [5, 5.41) is 0. The zero-order chi connectivity index (χ0) is 8.41. The number of rotatable bonds is 3. The fourth-order valence-corrected chi connectivity index (χ4v) is 6.08. The van der Waals surface area contributed by atoms with Gasteiger partial charge in [0.2, 0.25) is 0 Å². The summed E-state index contributed by atoms with van der Waals surface area (Å²) in [6, 6.07) is 0. The average Bonchev–Trinajstić information content (AvgIpc) is 1.60. The number of hydrogen-bond donors (Lipinski definition) is 0. The monoisotopic (exact) mass is 182 g/mol. The Hall–Kier alpha value is 0.691. The van der Waals surface area contributed by atoms with Gasteiger partial charge in [-0.25, -0.2) is 0 Å². The van der Waals surface area contributed by atoms with Gasteiger partial charge in [-0.2, -0.15) is 0 Å². The standard InChI is InChI=1S/C6H15O2Si2.Li/c1-6-9(2,3)8-10(4,5)7;/h6H,1H2,2-5H3;/q-1;+1. The summed E-state index contributed by atoms with van der Waals surface area (Å²) in [6.07, 6.45) is 0. The number of hydrogen-bond acceptors (Lipinski definition) is 2. The van der Waals surface area contributed by atoms with Gasteiger partial charge in [0.05, 0.1) is 8.56 Å². The Morgan fingerprint density at radius 2 is 1.64 bits per heavy atom. The molecule has 11 heavy (non-hydrogen) atoms. The second-order valence-corrected chi connectivity index (χ2v) is 10.5. The van der Waals surface area contributed by atoms with Gasteiger partial charge in [-0.05, 0) is 13.1 Å². The fraction of sp³-hybridized carbons (Fsp3) is 0.667. The van der Waals surface area contributed by atoms with E-state index in [2.05, 4.69) is 6.58 Å². The first kappa shape index (κ1) is 14.2. The third kappa shape index (κ3) is 8.60. The molecule has 0 spiro atoms. The van der Waals surface area contributed by atoms with Gasteiger partial charge < -0.3 is 8.91 Å². The summed E-state index contributed by atoms with van der Waals surface area (Å²) in [5.41, 5.74) is 1.79. The van der Waals surface area contributed by atoms with E-state index in [-0.39, 0.29) is 18.9 Å². The van der Waals surface area contributed by atoms with E-state index in [0.29, 0.717) is 0 Å². The molecule has 0 saturated carbocycles. The van der Waals surface area contributed by atoms with Gasteiger partial charge in [0.15, 0.2) is 8.32 Å². The SMILES string of the molecule is C=C[Si](C)(C)O[Si](C)(C)[O-].[Li+]. The zero-order valence-electron chi connectivity index (χ0n) is 8.10. The maximum atomic E-state index is 11.2. The Kier molecular flexibility index (Phi) is 6.02. The van der Waals surface area contributed by atoms with E-state index < -0.39 is 16.9 Å². The van der Waals surface area contributed by atoms with Gasteiger partial charge in [0, 0.05) is 0 Å². The molecule has 2 nitrogen and oxygen atoms in total. The van der Waals surface area contributed by atoms with Crippen LogP contribution in [0.4, 0.5) is 0 Å². The van der Waals surface area contributed by atoms with Crippen molar-refractivity contribution in [3.05, 3.63) is 12.3 Å². The predicted molar refractivity (Wildman–Crippen MR) is 46.2 cm³/mol. The third-order valence-electron chi connectivity index (χ3n) is 1.00. The van der Waals surface area contributed by atoms with Crippen LogP contribution in [0.1, 0.15) is 0 Å². The molecule has 0 radical (unpaired) electrons. The van der Waals surface area contributed by atoms with Crippen LogP contribution in [0.2, 0.25) is 26.2 Å². The second-order valence-electron chi connectivity index (χ2n) is 3.31. The summed E-state index contributed by atoms with van der Waals surface area (Å²) < 4.78 is 5.38. The third-order valence-corrected chi connectivity index (χ3v) is 6.05. The Morgan fingerprint density at radius 3 is 1.73 bits per heavy atom. The molecular formula is C6H15LiO2Si2. The van der Waals surface area contributed by atoms with E-state index in [1.807, 2.05) is 13.1 Å². The summed E-state index contributed by atoms with van der Waals surface area (Å²) in [5.74, 6) is 0. The second kappa shape index (κ2) is 4.65. The Bertz CT molecular complexity index is 131. The van der Waals surface area contributed by atoms with Crippen LogP contribution in [0.15, 0.2) is 12.3 Å². The summed E-state index contributed by atoms with van der Waals surface area (Å²) >= 11 is 0. The summed E-state index contributed by atoms with van der Waals surface area (Å²) in [6.45, 7) is 10.9. The minimum absolute atomic E-state index is 0. The van der Waals surface area contributed by atoms with Crippen molar-refractivity contribution in [3.63, 3.8) is 0 Å². The van der Waals surface area contributed by atoms with E-state index in [4.69, 9.17) is 4.12 Å². The van der Waals surface area contributed by atoms with Gasteiger partial charge in [-0.1, -0.05) is 18.8 Å². The van der Waals surface area contributed by atoms with Crippen molar-refractivity contribution < 1.29 is 27.8 Å². The van der Waals surface area contributed by atoms with Crippen molar-refractivity contribution in [2.45, 2.75) is 26.2 Å². The van der Waals surface area contributed by atoms with Gasteiger partial charge in [0.25, 0.3) is 0 Å². The van der Waals surface area contributed by atoms with E-state index >= 15 is 0 Å². The molecule has 0 rings (SSSR count). The summed E-state index contributed by atoms with van der Waals surface area (Å²) in [4.78, 5) is 11.2. The van der Waals surface area contributed by atoms with Crippen molar-refractivity contribution in [2.75, 3.05) is 0 Å². The van der Waals surface area contributed by atoms with Crippen LogP contribution in [0.5, 0.6) is 0 Å². The molecule has 0 aromatic carbocycles. The normalized spacial score (nSPS) is 12.1. The molecule has 0 unspecified atom stereocenters. The van der Waals surface area contributed by atoms with E-state index in [9.17, 15) is 4.80 Å². The van der Waals surface area contributed by atoms with Crippen molar-refractivity contribution in [1.29, 1.82) is 0 Å². The topological polar surface area (TPSA) is 32.3 Å². The van der Waals surface area contributed by atoms with Crippen molar-refractivity contribution in [1.82, 2.24) is 0 Å². The first-order chi connectivity index (χ1) is 4.27. The maximum Gasteiger partial charge on any atom is 1.00 e. The molecule has 0 aliphatic rings. The minimum atomic E-state index is -2.57. The van der Waals surface area contributed by atoms with Gasteiger partial charge >= 0.3 is 18.9 Å². The Morgan fingerprint density at radius 1 is 1.27 bits per heavy atom. The Labute approximate surface area is 83.2 Å². The van der Waals surface area contributed by atoms with Crippen LogP contribution < -0.4 is 23.7 Å². The molecule has 0 aliphatic heterocycles. The van der Waals surface area contributed by atoms with Crippen LogP contribution in [-0.4, -0.2) is 16.9 Å². The van der Waals surface area contributed by atoms with Gasteiger partial charge in [-0.3, -0.25) is 0 Å². The average molecular weight is 182 g/mol. The van der Waals surface area contributed by atoms with Crippen molar-refractivity contribution in [2.24, 2.45) is 0 Å². The van der Waals surface area contributed by atoms with Crippen molar-refractivity contribution in [3.8, 4) is 0 Å². The van der Waals surface area contributed by atoms with Crippen molar-refractivity contribution >= 4 is 16.9 Å². The quantitative estimate of drug-likeness (QED) is 0.473. The molecule has 5 heteroatoms. The molecule has 0 aliphatic carbocycles. The molecule has 0 amide bonds. The first-order valence-corrected chi connectivity index (χ1v) is 9.11. The van der Waals surface area contributed by atoms with Gasteiger partial charge in [-0.15, -0.1) is 6.58 Å². The van der Waals surface area contributed by atoms with Crippen LogP contribution in [0, 0.1) is 0 Å². The molecular weight excluding hydrogens is 167 g/mol. The van der Waals surface area contributed by atoms with E-state index in [0.717, 1.165) is 0 Å². The van der Waals surface area contributed by atoms with Crippen LogP contribution in [-0.2, 0) is 4.12 Å². The fourth-order valence-electron chi connectivity index (χ4n) is 0.675. The molecule has 0 bridgehead atoms. The minimum Gasteiger partial charge on any atom is -0.839 e. The summed E-state index contributed by atoms with van der Waals surface area (Å²) in [7, 11) is -4.37. The van der Waals surface area contributed by atoms with Crippen LogP contribution in [0.25, 0.3) is 0 Å². The van der Waals surface area contributed by atoms with Gasteiger partial charge in [0.1, 0.15) is 0 Å². The molecule has 0 aromatic rings.